The van der Waals surface area contributed by atoms with E-state index in [0.717, 1.165) is 11.1 Å². The van der Waals surface area contributed by atoms with Gasteiger partial charge in [-0.15, -0.1) is 0 Å². The van der Waals surface area contributed by atoms with Crippen LogP contribution in [0.3, 0.4) is 0 Å². The maximum absolute atomic E-state index is 13.0. The molecule has 2 aliphatic heterocycles. The Kier molecular flexibility index (Phi) is 3.08. The molecule has 0 saturated carbocycles. The number of ether oxygens (including phenoxy) is 1. The lowest BCUT2D eigenvalue weighted by Gasteiger charge is -2.33. The molecule has 1 fully saturated rings. The van der Waals surface area contributed by atoms with E-state index < -0.39 is 5.54 Å². The van der Waals surface area contributed by atoms with Crippen LogP contribution in [0.2, 0.25) is 0 Å². The highest BCUT2D eigenvalue weighted by Crippen LogP contribution is 2.41. The second-order valence-corrected chi connectivity index (χ2v) is 5.81. The van der Waals surface area contributed by atoms with Crippen molar-refractivity contribution in [1.82, 2.24) is 10.2 Å². The fourth-order valence-electron chi connectivity index (χ4n) is 3.28. The third kappa shape index (κ3) is 2.08. The smallest absolute Gasteiger partial charge is 0.325 e. The Balaban J connectivity index is 1.71. The van der Waals surface area contributed by atoms with Gasteiger partial charge in [0.05, 0.1) is 13.2 Å². The van der Waals surface area contributed by atoms with Gasteiger partial charge < -0.3 is 10.1 Å². The number of urea groups is 1. The average molecular weight is 308 g/mol. The SMILES string of the molecule is O=C1N[C@@]2(CCOc3ccccc32)C(=O)N1Cc1ccccc1. The van der Waals surface area contributed by atoms with Crippen LogP contribution in [0.5, 0.6) is 5.75 Å². The number of imide groups is 1. The van der Waals surface area contributed by atoms with Crippen molar-refractivity contribution in [2.45, 2.75) is 18.5 Å². The van der Waals surface area contributed by atoms with Crippen molar-refractivity contribution in [1.29, 1.82) is 0 Å². The third-order valence-corrected chi connectivity index (χ3v) is 4.44. The van der Waals surface area contributed by atoms with Gasteiger partial charge in [-0.25, -0.2) is 4.79 Å². The lowest BCUT2D eigenvalue weighted by atomic mass is 9.84. The summed E-state index contributed by atoms with van der Waals surface area (Å²) in [5, 5.41) is 2.90. The predicted molar refractivity (Wildman–Crippen MR) is 83.8 cm³/mol. The fraction of sp³-hybridized carbons (Fsp3) is 0.222. The first-order valence-electron chi connectivity index (χ1n) is 7.61. The predicted octanol–water partition coefficient (Wildman–Crippen LogP) is 2.42. The van der Waals surface area contributed by atoms with Crippen LogP contribution in [0, 0.1) is 0 Å². The first-order chi connectivity index (χ1) is 11.2. The quantitative estimate of drug-likeness (QED) is 0.867. The summed E-state index contributed by atoms with van der Waals surface area (Å²) in [5.74, 6) is 0.455. The van der Waals surface area contributed by atoms with Gasteiger partial charge in [0.15, 0.2) is 5.54 Å². The molecule has 0 aromatic heterocycles. The minimum absolute atomic E-state index is 0.206. The molecule has 116 valence electrons. The zero-order valence-electron chi connectivity index (χ0n) is 12.5. The maximum Gasteiger partial charge on any atom is 0.325 e. The van der Waals surface area contributed by atoms with Gasteiger partial charge in [0.1, 0.15) is 5.75 Å². The minimum Gasteiger partial charge on any atom is -0.493 e. The Labute approximate surface area is 133 Å². The number of carbonyl (C=O) groups excluding carboxylic acids is 2. The highest BCUT2D eigenvalue weighted by Gasteiger charge is 2.54. The molecule has 0 bridgehead atoms. The van der Waals surface area contributed by atoms with Gasteiger partial charge in [-0.05, 0) is 11.6 Å². The van der Waals surface area contributed by atoms with Gasteiger partial charge in [-0.2, -0.15) is 0 Å². The summed E-state index contributed by atoms with van der Waals surface area (Å²) in [6, 6.07) is 16.6. The lowest BCUT2D eigenvalue weighted by Crippen LogP contribution is -2.47. The molecule has 2 aromatic carbocycles. The summed E-state index contributed by atoms with van der Waals surface area (Å²) in [6.45, 7) is 0.679. The number of benzene rings is 2. The summed E-state index contributed by atoms with van der Waals surface area (Å²) < 4.78 is 5.63. The Morgan fingerprint density at radius 2 is 1.78 bits per heavy atom. The molecule has 1 spiro atoms. The lowest BCUT2D eigenvalue weighted by molar-refractivity contribution is -0.133. The van der Waals surface area contributed by atoms with Crippen LogP contribution in [0.25, 0.3) is 0 Å². The van der Waals surface area contributed by atoms with Crippen molar-refractivity contribution in [2.75, 3.05) is 6.61 Å². The number of hydrogen-bond donors (Lipinski definition) is 1. The number of amides is 3. The summed E-state index contributed by atoms with van der Waals surface area (Å²) >= 11 is 0. The molecule has 1 atom stereocenters. The molecule has 2 aromatic rings. The molecule has 0 radical (unpaired) electrons. The zero-order chi connectivity index (χ0) is 15.9. The van der Waals surface area contributed by atoms with E-state index in [1.54, 1.807) is 0 Å². The van der Waals surface area contributed by atoms with Crippen LogP contribution in [0.4, 0.5) is 4.79 Å². The molecule has 3 amide bonds. The highest BCUT2D eigenvalue weighted by atomic mass is 16.5. The first kappa shape index (κ1) is 13.8. The van der Waals surface area contributed by atoms with E-state index in [0.29, 0.717) is 18.8 Å². The van der Waals surface area contributed by atoms with Gasteiger partial charge >= 0.3 is 6.03 Å². The summed E-state index contributed by atoms with van der Waals surface area (Å²) in [6.07, 6.45) is 0.444. The van der Waals surface area contributed by atoms with Crippen LogP contribution < -0.4 is 10.1 Å². The van der Waals surface area contributed by atoms with Crippen molar-refractivity contribution in [3.05, 3.63) is 65.7 Å². The van der Waals surface area contributed by atoms with Gasteiger partial charge in [0.25, 0.3) is 5.91 Å². The van der Waals surface area contributed by atoms with Crippen LogP contribution in [0.1, 0.15) is 17.5 Å². The first-order valence-corrected chi connectivity index (χ1v) is 7.61. The zero-order valence-corrected chi connectivity index (χ0v) is 12.5. The largest absolute Gasteiger partial charge is 0.493 e. The molecular weight excluding hydrogens is 292 g/mol. The molecule has 5 heteroatoms. The summed E-state index contributed by atoms with van der Waals surface area (Å²) in [5.41, 5.74) is 0.661. The Bertz CT molecular complexity index is 775. The van der Waals surface area contributed by atoms with Crippen LogP contribution in [-0.4, -0.2) is 23.4 Å². The van der Waals surface area contributed by atoms with E-state index in [1.807, 2.05) is 54.6 Å². The normalized spacial score (nSPS) is 22.7. The average Bonchev–Trinajstić information content (AvgIpc) is 2.81. The molecular formula is C18H16N2O3. The Morgan fingerprint density at radius 1 is 1.04 bits per heavy atom. The number of nitrogens with zero attached hydrogens (tertiary/aromatic N) is 1. The molecule has 2 heterocycles. The molecule has 4 rings (SSSR count). The van der Waals surface area contributed by atoms with E-state index in [-0.39, 0.29) is 18.5 Å². The highest BCUT2D eigenvalue weighted by molar-refractivity contribution is 6.07. The van der Waals surface area contributed by atoms with Crippen molar-refractivity contribution in [3.8, 4) is 5.75 Å². The monoisotopic (exact) mass is 308 g/mol. The molecule has 0 aliphatic carbocycles. The van der Waals surface area contributed by atoms with Crippen molar-refractivity contribution in [2.24, 2.45) is 0 Å². The van der Waals surface area contributed by atoms with Gasteiger partial charge in [0, 0.05) is 12.0 Å². The van der Waals surface area contributed by atoms with Crippen LogP contribution in [0.15, 0.2) is 54.6 Å². The number of hydrogen-bond acceptors (Lipinski definition) is 3. The van der Waals surface area contributed by atoms with E-state index in [9.17, 15) is 9.59 Å². The van der Waals surface area contributed by atoms with E-state index in [2.05, 4.69) is 5.32 Å². The van der Waals surface area contributed by atoms with E-state index in [1.165, 1.54) is 4.90 Å². The summed E-state index contributed by atoms with van der Waals surface area (Å²) in [7, 11) is 0. The molecule has 1 saturated heterocycles. The second-order valence-electron chi connectivity index (χ2n) is 5.81. The molecule has 23 heavy (non-hydrogen) atoms. The molecule has 0 unspecified atom stereocenters. The standard InChI is InChI=1S/C18H16N2O3/c21-16-18(10-11-23-15-9-5-4-8-14(15)18)19-17(22)20(16)12-13-6-2-1-3-7-13/h1-9H,10-12H2,(H,19,22)/t18-/m1/s1. The number of carbonyl (C=O) groups is 2. The molecule has 5 nitrogen and oxygen atoms in total. The van der Waals surface area contributed by atoms with E-state index in [4.69, 9.17) is 4.74 Å². The molecule has 2 aliphatic rings. The number of rotatable bonds is 2. The van der Waals surface area contributed by atoms with Crippen molar-refractivity contribution < 1.29 is 14.3 Å². The van der Waals surface area contributed by atoms with Crippen molar-refractivity contribution >= 4 is 11.9 Å². The molecule has 1 N–H and O–H groups in total. The third-order valence-electron chi connectivity index (χ3n) is 4.44. The van der Waals surface area contributed by atoms with Gasteiger partial charge in [-0.3, -0.25) is 9.69 Å². The Hall–Kier alpha value is -2.82. The van der Waals surface area contributed by atoms with Gasteiger partial charge in [-0.1, -0.05) is 48.5 Å². The minimum atomic E-state index is -0.999. The Morgan fingerprint density at radius 3 is 2.61 bits per heavy atom. The van der Waals surface area contributed by atoms with Crippen LogP contribution in [-0.2, 0) is 16.9 Å². The number of nitrogens with one attached hydrogen (secondary N) is 1. The van der Waals surface area contributed by atoms with Crippen molar-refractivity contribution in [3.63, 3.8) is 0 Å². The number of para-hydroxylation sites is 1. The van der Waals surface area contributed by atoms with Crippen LogP contribution >= 0.6 is 0 Å². The number of fused-ring (bicyclic) bond motifs is 2. The van der Waals surface area contributed by atoms with Gasteiger partial charge in [0.2, 0.25) is 0 Å². The fourth-order valence-corrected chi connectivity index (χ4v) is 3.28. The van der Waals surface area contributed by atoms with E-state index >= 15 is 0 Å². The second kappa shape index (κ2) is 5.12. The topological polar surface area (TPSA) is 58.6 Å². The maximum atomic E-state index is 13.0. The summed E-state index contributed by atoms with van der Waals surface area (Å²) in [4.78, 5) is 26.8.